The van der Waals surface area contributed by atoms with Crippen LogP contribution in [0.3, 0.4) is 0 Å². The predicted octanol–water partition coefficient (Wildman–Crippen LogP) is 8.54. The van der Waals surface area contributed by atoms with Gasteiger partial charge in [-0.1, -0.05) is 77.5 Å². The summed E-state index contributed by atoms with van der Waals surface area (Å²) in [6.07, 6.45) is 2.14. The van der Waals surface area contributed by atoms with Gasteiger partial charge in [-0.3, -0.25) is 0 Å². The van der Waals surface area contributed by atoms with Crippen molar-refractivity contribution in [1.82, 2.24) is 0 Å². The molecule has 4 rings (SSSR count). The Morgan fingerprint density at radius 1 is 0.567 bits per heavy atom. The molecule has 1 nitrogen and oxygen atoms in total. The molecule has 0 aromatic heterocycles. The Kier molecular flexibility index (Phi) is 6.36. The molecule has 0 N–H and O–H groups in total. The topological polar surface area (TPSA) is 3.24 Å². The van der Waals surface area contributed by atoms with E-state index in [0.29, 0.717) is 0 Å². The lowest BCUT2D eigenvalue weighted by Crippen LogP contribution is -2.09. The second kappa shape index (κ2) is 9.51. The van der Waals surface area contributed by atoms with E-state index in [2.05, 4.69) is 127 Å². The summed E-state index contributed by atoms with van der Waals surface area (Å²) in [6, 6.07) is 36.5. The van der Waals surface area contributed by atoms with Crippen LogP contribution in [0.2, 0.25) is 0 Å². The van der Waals surface area contributed by atoms with Crippen LogP contribution in [0.25, 0.3) is 6.08 Å². The van der Waals surface area contributed by atoms with Gasteiger partial charge < -0.3 is 4.90 Å². The Morgan fingerprint density at radius 3 is 1.53 bits per heavy atom. The monoisotopic (exact) mass is 407 g/mol. The van der Waals surface area contributed by atoms with E-state index in [1.165, 1.54) is 21.6 Å². The van der Waals surface area contributed by atoms with Crippen LogP contribution in [-0.4, -0.2) is 0 Å². The molecule has 0 radical (unpaired) electrons. The van der Waals surface area contributed by atoms with E-state index in [1.54, 1.807) is 11.8 Å². The zero-order valence-electron chi connectivity index (χ0n) is 17.3. The van der Waals surface area contributed by atoms with E-state index >= 15 is 0 Å². The number of rotatable bonds is 6. The highest BCUT2D eigenvalue weighted by molar-refractivity contribution is 8.02. The molecule has 4 aromatic carbocycles. The van der Waals surface area contributed by atoms with Gasteiger partial charge >= 0.3 is 0 Å². The average Bonchev–Trinajstić information content (AvgIpc) is 2.78. The minimum atomic E-state index is 1.15. The molecule has 0 aliphatic heterocycles. The Morgan fingerprint density at radius 2 is 1.03 bits per heavy atom. The van der Waals surface area contributed by atoms with Gasteiger partial charge in [0.05, 0.1) is 0 Å². The molecule has 0 aliphatic rings. The minimum absolute atomic E-state index is 1.15. The summed E-state index contributed by atoms with van der Waals surface area (Å²) in [5, 5.41) is 2.14. The van der Waals surface area contributed by atoms with Gasteiger partial charge in [-0.15, -0.1) is 0 Å². The summed E-state index contributed by atoms with van der Waals surface area (Å²) < 4.78 is 0. The zero-order chi connectivity index (χ0) is 20.8. The largest absolute Gasteiger partial charge is 0.311 e. The fraction of sp³-hybridized carbons (Fsp3) is 0.0714. The highest BCUT2D eigenvalue weighted by Crippen LogP contribution is 2.35. The maximum Gasteiger partial charge on any atom is 0.0462 e. The first-order chi connectivity index (χ1) is 14.7. The number of thioether (sulfide) groups is 1. The maximum absolute atomic E-state index is 2.30. The Bertz CT molecular complexity index is 1050. The molecule has 148 valence electrons. The lowest BCUT2D eigenvalue weighted by molar-refractivity contribution is 1.26. The number of hydrogen-bond acceptors (Lipinski definition) is 2. The molecule has 30 heavy (non-hydrogen) atoms. The molecule has 0 heterocycles. The number of aryl methyl sites for hydroxylation is 2. The molecule has 0 saturated carbocycles. The molecule has 0 saturated heterocycles. The molecule has 2 heteroatoms. The number of nitrogens with zero attached hydrogens (tertiary/aromatic N) is 1. The smallest absolute Gasteiger partial charge is 0.0462 e. The van der Waals surface area contributed by atoms with Gasteiger partial charge in [-0.05, 0) is 79.4 Å². The molecule has 0 bridgehead atoms. The first-order valence-electron chi connectivity index (χ1n) is 10.1. The molecule has 0 unspecified atom stereocenters. The highest BCUT2D eigenvalue weighted by Gasteiger charge is 2.12. The summed E-state index contributed by atoms with van der Waals surface area (Å²) in [5.41, 5.74) is 7.22. The maximum atomic E-state index is 2.30. The first kappa shape index (κ1) is 20.1. The lowest BCUT2D eigenvalue weighted by Gasteiger charge is -2.26. The summed E-state index contributed by atoms with van der Waals surface area (Å²) in [5.74, 6) is 0. The Labute approximate surface area is 183 Å². The lowest BCUT2D eigenvalue weighted by atomic mass is 10.1. The van der Waals surface area contributed by atoms with Crippen molar-refractivity contribution < 1.29 is 0 Å². The Hall–Kier alpha value is -3.23. The van der Waals surface area contributed by atoms with Crippen LogP contribution in [0.4, 0.5) is 17.1 Å². The van der Waals surface area contributed by atoms with Crippen molar-refractivity contribution >= 4 is 34.9 Å². The van der Waals surface area contributed by atoms with Crippen molar-refractivity contribution in [1.29, 1.82) is 0 Å². The van der Waals surface area contributed by atoms with Gasteiger partial charge in [0.15, 0.2) is 0 Å². The van der Waals surface area contributed by atoms with E-state index in [1.807, 2.05) is 6.07 Å². The van der Waals surface area contributed by atoms with Crippen molar-refractivity contribution in [2.45, 2.75) is 18.7 Å². The van der Waals surface area contributed by atoms with E-state index in [-0.39, 0.29) is 0 Å². The van der Waals surface area contributed by atoms with Crippen molar-refractivity contribution in [3.8, 4) is 0 Å². The third-order valence-corrected chi connectivity index (χ3v) is 5.76. The summed E-state index contributed by atoms with van der Waals surface area (Å²) in [7, 11) is 0. The number of benzene rings is 4. The standard InChI is InChI=1S/C28H25NS/c1-22-8-12-25(13-9-22)29(26-14-10-23(2)11-15-26)27-16-18-28(19-17-27)30-21-20-24-6-4-3-5-7-24/h3-21H,1-2H3. The van der Waals surface area contributed by atoms with Crippen molar-refractivity contribution in [2.24, 2.45) is 0 Å². The second-order valence-electron chi connectivity index (χ2n) is 7.33. The van der Waals surface area contributed by atoms with Crippen LogP contribution >= 0.6 is 11.8 Å². The predicted molar refractivity (Wildman–Crippen MR) is 132 cm³/mol. The molecule has 4 aromatic rings. The highest BCUT2D eigenvalue weighted by atomic mass is 32.2. The SMILES string of the molecule is Cc1ccc(N(c2ccc(C)cc2)c2ccc(SC=Cc3ccccc3)cc2)cc1. The van der Waals surface area contributed by atoms with Crippen molar-refractivity contribution in [3.63, 3.8) is 0 Å². The van der Waals surface area contributed by atoms with Crippen molar-refractivity contribution in [2.75, 3.05) is 4.90 Å². The van der Waals surface area contributed by atoms with Gasteiger partial charge in [-0.2, -0.15) is 0 Å². The van der Waals surface area contributed by atoms with Crippen LogP contribution in [0.5, 0.6) is 0 Å². The third kappa shape index (κ3) is 5.03. The van der Waals surface area contributed by atoms with Crippen LogP contribution in [0.15, 0.2) is 113 Å². The zero-order valence-corrected chi connectivity index (χ0v) is 18.1. The van der Waals surface area contributed by atoms with E-state index < -0.39 is 0 Å². The summed E-state index contributed by atoms with van der Waals surface area (Å²) in [6.45, 7) is 4.24. The van der Waals surface area contributed by atoms with Crippen LogP contribution < -0.4 is 4.90 Å². The van der Waals surface area contributed by atoms with Crippen LogP contribution in [0.1, 0.15) is 16.7 Å². The van der Waals surface area contributed by atoms with Gasteiger partial charge in [0.2, 0.25) is 0 Å². The normalized spacial score (nSPS) is 11.0. The van der Waals surface area contributed by atoms with Crippen molar-refractivity contribution in [3.05, 3.63) is 125 Å². The first-order valence-corrected chi connectivity index (χ1v) is 11.0. The van der Waals surface area contributed by atoms with E-state index in [0.717, 1.165) is 17.1 Å². The molecule has 0 amide bonds. The molecule has 0 atom stereocenters. The fourth-order valence-corrected chi connectivity index (χ4v) is 3.94. The fourth-order valence-electron chi connectivity index (χ4n) is 3.26. The van der Waals surface area contributed by atoms with E-state index in [9.17, 15) is 0 Å². The number of hydrogen-bond donors (Lipinski definition) is 0. The van der Waals surface area contributed by atoms with Gasteiger partial charge in [0.25, 0.3) is 0 Å². The average molecular weight is 408 g/mol. The molecule has 0 fully saturated rings. The van der Waals surface area contributed by atoms with Gasteiger partial charge in [0, 0.05) is 22.0 Å². The van der Waals surface area contributed by atoms with E-state index in [4.69, 9.17) is 0 Å². The molecular formula is C28H25NS. The second-order valence-corrected chi connectivity index (χ2v) is 8.31. The van der Waals surface area contributed by atoms with Gasteiger partial charge in [-0.25, -0.2) is 0 Å². The van der Waals surface area contributed by atoms with Crippen LogP contribution in [-0.2, 0) is 0 Å². The molecular weight excluding hydrogens is 382 g/mol. The quantitative estimate of drug-likeness (QED) is 0.295. The molecule has 0 spiro atoms. The summed E-state index contributed by atoms with van der Waals surface area (Å²) in [4.78, 5) is 3.52. The third-order valence-electron chi connectivity index (χ3n) is 4.94. The Balaban J connectivity index is 1.58. The number of anilines is 3. The van der Waals surface area contributed by atoms with Crippen LogP contribution in [0, 0.1) is 13.8 Å². The summed E-state index contributed by atoms with van der Waals surface area (Å²) >= 11 is 1.73. The van der Waals surface area contributed by atoms with Gasteiger partial charge in [0.1, 0.15) is 0 Å². The molecule has 0 aliphatic carbocycles. The minimum Gasteiger partial charge on any atom is -0.311 e.